The Hall–Kier alpha value is -1.92. The number of pyridine rings is 1. The molecular weight excluding hydrogens is 316 g/mol. The topological polar surface area (TPSA) is 71.3 Å². The Labute approximate surface area is 139 Å². The number of halogens is 1. The van der Waals surface area contributed by atoms with Gasteiger partial charge in [-0.15, -0.1) is 0 Å². The Balaban J connectivity index is 1.64. The number of nitrogens with one attached hydrogen (secondary N) is 1. The molecule has 1 aliphatic rings. The third kappa shape index (κ3) is 4.09. The minimum absolute atomic E-state index is 0.0908. The van der Waals surface area contributed by atoms with Crippen LogP contribution in [0, 0.1) is 6.92 Å². The predicted molar refractivity (Wildman–Crippen MR) is 87.3 cm³/mol. The molecule has 3 heterocycles. The van der Waals surface area contributed by atoms with Crippen LogP contribution in [0.5, 0.6) is 0 Å². The first-order chi connectivity index (χ1) is 11.1. The van der Waals surface area contributed by atoms with Gasteiger partial charge in [0.1, 0.15) is 17.3 Å². The molecular formula is C16H19ClN4O2. The van der Waals surface area contributed by atoms with Gasteiger partial charge in [0.05, 0.1) is 17.6 Å². The van der Waals surface area contributed by atoms with E-state index in [2.05, 4.69) is 20.4 Å². The largest absolute Gasteiger partial charge is 0.361 e. The molecule has 1 saturated heterocycles. The van der Waals surface area contributed by atoms with Crippen LogP contribution < -0.4 is 5.32 Å². The van der Waals surface area contributed by atoms with Crippen molar-refractivity contribution < 1.29 is 9.32 Å². The van der Waals surface area contributed by atoms with Crippen molar-refractivity contribution in [2.45, 2.75) is 32.2 Å². The Bertz CT molecular complexity index is 671. The van der Waals surface area contributed by atoms with Gasteiger partial charge < -0.3 is 9.84 Å². The highest BCUT2D eigenvalue weighted by Gasteiger charge is 2.28. The molecule has 1 fully saturated rings. The summed E-state index contributed by atoms with van der Waals surface area (Å²) in [5, 5.41) is 7.46. The molecule has 6 nitrogen and oxygen atoms in total. The van der Waals surface area contributed by atoms with E-state index in [1.54, 1.807) is 12.1 Å². The molecule has 1 aliphatic heterocycles. The average molecular weight is 335 g/mol. The van der Waals surface area contributed by atoms with Gasteiger partial charge in [-0.1, -0.05) is 23.2 Å². The van der Waals surface area contributed by atoms with Gasteiger partial charge in [-0.25, -0.2) is 4.98 Å². The van der Waals surface area contributed by atoms with Crippen LogP contribution in [0.3, 0.4) is 0 Å². The summed E-state index contributed by atoms with van der Waals surface area (Å²) < 4.78 is 5.18. The van der Waals surface area contributed by atoms with Gasteiger partial charge >= 0.3 is 0 Å². The molecule has 0 saturated carbocycles. The first kappa shape index (κ1) is 16.0. The fourth-order valence-corrected chi connectivity index (χ4v) is 2.99. The summed E-state index contributed by atoms with van der Waals surface area (Å²) in [4.78, 5) is 18.5. The van der Waals surface area contributed by atoms with Crippen molar-refractivity contribution in [3.8, 4) is 0 Å². The van der Waals surface area contributed by atoms with Gasteiger partial charge in [-0.3, -0.25) is 9.69 Å². The molecule has 3 rings (SSSR count). The predicted octanol–water partition coefficient (Wildman–Crippen LogP) is 3.20. The molecule has 0 spiro atoms. The maximum Gasteiger partial charge on any atom is 0.239 e. The van der Waals surface area contributed by atoms with E-state index in [9.17, 15) is 4.79 Å². The second kappa shape index (κ2) is 7.10. The average Bonchev–Trinajstić information content (AvgIpc) is 2.96. The summed E-state index contributed by atoms with van der Waals surface area (Å²) in [7, 11) is 0. The number of rotatable bonds is 4. The molecule has 1 N–H and O–H groups in total. The van der Waals surface area contributed by atoms with Gasteiger partial charge in [0.2, 0.25) is 5.91 Å². The van der Waals surface area contributed by atoms with Crippen molar-refractivity contribution in [3.05, 3.63) is 40.9 Å². The number of carbonyl (C=O) groups excluding carboxylic acids is 1. The lowest BCUT2D eigenvalue weighted by Gasteiger charge is -2.33. The number of amides is 1. The quantitative estimate of drug-likeness (QED) is 0.929. The first-order valence-electron chi connectivity index (χ1n) is 7.70. The van der Waals surface area contributed by atoms with Gasteiger partial charge in [0, 0.05) is 12.3 Å². The molecule has 0 bridgehead atoms. The van der Waals surface area contributed by atoms with Crippen molar-refractivity contribution >= 4 is 23.3 Å². The summed E-state index contributed by atoms with van der Waals surface area (Å²) in [5.74, 6) is 1.21. The van der Waals surface area contributed by atoms with Crippen LogP contribution in [0.1, 0.15) is 36.8 Å². The molecule has 0 aromatic carbocycles. The fourth-order valence-electron chi connectivity index (χ4n) is 2.87. The number of piperidine rings is 1. The Kier molecular flexibility index (Phi) is 4.93. The zero-order valence-corrected chi connectivity index (χ0v) is 13.7. The zero-order chi connectivity index (χ0) is 16.2. The maximum absolute atomic E-state index is 12.3. The van der Waals surface area contributed by atoms with Crippen molar-refractivity contribution in [1.82, 2.24) is 15.0 Å². The van der Waals surface area contributed by atoms with Gasteiger partial charge in [-0.2, -0.15) is 0 Å². The fraction of sp³-hybridized carbons (Fsp3) is 0.438. The van der Waals surface area contributed by atoms with E-state index in [-0.39, 0.29) is 11.9 Å². The standard InChI is InChI=1S/C16H19ClN4O2/c1-11-8-13(20-23-11)14-4-2-3-7-21(14)10-16(22)19-15-6-5-12(17)9-18-15/h5-6,8-9,14H,2-4,7,10H2,1H3,(H,18,19,22). The highest BCUT2D eigenvalue weighted by atomic mass is 35.5. The molecule has 23 heavy (non-hydrogen) atoms. The molecule has 2 aromatic heterocycles. The maximum atomic E-state index is 12.3. The number of aryl methyl sites for hydroxylation is 1. The van der Waals surface area contributed by atoms with Gasteiger partial charge in [0.15, 0.2) is 0 Å². The Morgan fingerprint density at radius 2 is 2.35 bits per heavy atom. The van der Waals surface area contributed by atoms with Crippen LogP contribution in [0.25, 0.3) is 0 Å². The van der Waals surface area contributed by atoms with Gasteiger partial charge in [0.25, 0.3) is 0 Å². The van der Waals surface area contributed by atoms with E-state index in [1.165, 1.54) is 6.20 Å². The molecule has 1 amide bonds. The van der Waals surface area contributed by atoms with Crippen molar-refractivity contribution in [1.29, 1.82) is 0 Å². The number of likely N-dealkylation sites (tertiary alicyclic amines) is 1. The highest BCUT2D eigenvalue weighted by molar-refractivity contribution is 6.30. The van der Waals surface area contributed by atoms with Crippen LogP contribution in [0.15, 0.2) is 28.9 Å². The molecule has 0 radical (unpaired) electrons. The van der Waals surface area contributed by atoms with Crippen LogP contribution in [0.2, 0.25) is 5.02 Å². The van der Waals surface area contributed by atoms with Gasteiger partial charge in [-0.05, 0) is 38.4 Å². The number of hydrogen-bond donors (Lipinski definition) is 1. The van der Waals surface area contributed by atoms with E-state index >= 15 is 0 Å². The van der Waals surface area contributed by atoms with Crippen LogP contribution in [0.4, 0.5) is 5.82 Å². The summed E-state index contributed by atoms with van der Waals surface area (Å²) in [5.41, 5.74) is 0.902. The monoisotopic (exact) mass is 334 g/mol. The SMILES string of the molecule is Cc1cc(C2CCCCN2CC(=O)Nc2ccc(Cl)cn2)no1. The molecule has 1 atom stereocenters. The number of carbonyl (C=O) groups is 1. The highest BCUT2D eigenvalue weighted by Crippen LogP contribution is 2.30. The lowest BCUT2D eigenvalue weighted by atomic mass is 9.99. The lowest BCUT2D eigenvalue weighted by molar-refractivity contribution is -0.118. The van der Waals surface area contributed by atoms with Crippen LogP contribution >= 0.6 is 11.6 Å². The van der Waals surface area contributed by atoms with Crippen molar-refractivity contribution in [2.24, 2.45) is 0 Å². The molecule has 1 unspecified atom stereocenters. The smallest absolute Gasteiger partial charge is 0.239 e. The van der Waals surface area contributed by atoms with E-state index in [0.717, 1.165) is 37.3 Å². The molecule has 0 aliphatic carbocycles. The Morgan fingerprint density at radius 3 is 3.04 bits per heavy atom. The third-order valence-electron chi connectivity index (χ3n) is 3.94. The zero-order valence-electron chi connectivity index (χ0n) is 13.0. The van der Waals surface area contributed by atoms with E-state index in [4.69, 9.17) is 16.1 Å². The normalized spacial score (nSPS) is 18.8. The van der Waals surface area contributed by atoms with Crippen LogP contribution in [-0.2, 0) is 4.79 Å². The summed E-state index contributed by atoms with van der Waals surface area (Å²) in [6.07, 6.45) is 4.71. The number of anilines is 1. The summed E-state index contributed by atoms with van der Waals surface area (Å²) >= 11 is 5.79. The number of aromatic nitrogens is 2. The Morgan fingerprint density at radius 1 is 1.48 bits per heavy atom. The van der Waals surface area contributed by atoms with Crippen molar-refractivity contribution in [3.63, 3.8) is 0 Å². The lowest BCUT2D eigenvalue weighted by Crippen LogP contribution is -2.39. The van der Waals surface area contributed by atoms with E-state index < -0.39 is 0 Å². The number of nitrogens with zero attached hydrogens (tertiary/aromatic N) is 3. The van der Waals surface area contributed by atoms with E-state index in [1.807, 2.05) is 13.0 Å². The summed E-state index contributed by atoms with van der Waals surface area (Å²) in [6, 6.07) is 5.47. The third-order valence-corrected chi connectivity index (χ3v) is 4.17. The molecule has 122 valence electrons. The first-order valence-corrected chi connectivity index (χ1v) is 8.08. The minimum Gasteiger partial charge on any atom is -0.361 e. The van der Waals surface area contributed by atoms with Crippen LogP contribution in [-0.4, -0.2) is 34.0 Å². The summed E-state index contributed by atoms with van der Waals surface area (Å²) in [6.45, 7) is 3.06. The number of hydrogen-bond acceptors (Lipinski definition) is 5. The molecule has 2 aromatic rings. The van der Waals surface area contributed by atoms with Crippen molar-refractivity contribution in [2.75, 3.05) is 18.4 Å². The second-order valence-electron chi connectivity index (χ2n) is 5.75. The van der Waals surface area contributed by atoms with E-state index in [0.29, 0.717) is 17.4 Å². The minimum atomic E-state index is -0.0908. The molecule has 7 heteroatoms. The second-order valence-corrected chi connectivity index (χ2v) is 6.19.